The molecule has 0 fully saturated rings. The number of carbonyl (C=O) groups excluding carboxylic acids is 1. The van der Waals surface area contributed by atoms with Gasteiger partial charge in [-0.25, -0.2) is 4.79 Å². The highest BCUT2D eigenvalue weighted by Gasteiger charge is 2.07. The lowest BCUT2D eigenvalue weighted by Crippen LogP contribution is -2.19. The lowest BCUT2D eigenvalue weighted by molar-refractivity contribution is 0.262. The third kappa shape index (κ3) is 2.54. The first-order chi connectivity index (χ1) is 9.83. The van der Waals surface area contributed by atoms with Crippen molar-refractivity contribution in [1.29, 1.82) is 0 Å². The Morgan fingerprint density at radius 1 is 0.950 bits per heavy atom. The van der Waals surface area contributed by atoms with Crippen LogP contribution in [0.2, 0.25) is 0 Å². The Morgan fingerprint density at radius 3 is 2.60 bits per heavy atom. The van der Waals surface area contributed by atoms with Gasteiger partial charge < -0.3 is 10.6 Å². The van der Waals surface area contributed by atoms with E-state index in [1.807, 2.05) is 18.2 Å². The molecule has 0 saturated carbocycles. The van der Waals surface area contributed by atoms with E-state index in [0.717, 1.165) is 0 Å². The maximum absolute atomic E-state index is 11.9. The maximum Gasteiger partial charge on any atom is 0.323 e. The van der Waals surface area contributed by atoms with Crippen molar-refractivity contribution in [1.82, 2.24) is 15.0 Å². The van der Waals surface area contributed by atoms with Crippen LogP contribution in [0.5, 0.6) is 0 Å². The van der Waals surface area contributed by atoms with Crippen LogP contribution >= 0.6 is 0 Å². The molecule has 0 aliphatic heterocycles. The van der Waals surface area contributed by atoms with E-state index < -0.39 is 0 Å². The molecule has 0 radical (unpaired) electrons. The monoisotopic (exact) mass is 265 g/mol. The zero-order valence-corrected chi connectivity index (χ0v) is 10.4. The Labute approximate surface area is 114 Å². The summed E-state index contributed by atoms with van der Waals surface area (Å²) in [4.78, 5) is 24.3. The molecule has 0 atom stereocenters. The Kier molecular flexibility index (Phi) is 3.20. The summed E-state index contributed by atoms with van der Waals surface area (Å²) in [6, 6.07) is 8.84. The molecular weight excluding hydrogens is 254 g/mol. The molecule has 0 bridgehead atoms. The minimum atomic E-state index is -0.351. The molecule has 0 saturated heterocycles. The second kappa shape index (κ2) is 5.31. The number of amides is 2. The standard InChI is InChI=1S/C14H11N5O/c20-14(18-10-4-2-1-3-5-10)19-12-9-15-8-11-13(12)17-7-6-16-11/h1-9H,(H2,18,19,20). The molecule has 0 aliphatic rings. The van der Waals surface area contributed by atoms with Crippen LogP contribution in [0.25, 0.3) is 11.0 Å². The van der Waals surface area contributed by atoms with Crippen molar-refractivity contribution in [2.24, 2.45) is 0 Å². The smallest absolute Gasteiger partial charge is 0.308 e. The molecule has 2 aromatic heterocycles. The van der Waals surface area contributed by atoms with Gasteiger partial charge in [0.25, 0.3) is 0 Å². The van der Waals surface area contributed by atoms with Gasteiger partial charge in [0.2, 0.25) is 0 Å². The van der Waals surface area contributed by atoms with E-state index in [4.69, 9.17) is 0 Å². The van der Waals surface area contributed by atoms with Crippen LogP contribution in [-0.2, 0) is 0 Å². The third-order valence-corrected chi connectivity index (χ3v) is 2.66. The van der Waals surface area contributed by atoms with Gasteiger partial charge in [0, 0.05) is 18.1 Å². The topological polar surface area (TPSA) is 79.8 Å². The number of carbonyl (C=O) groups is 1. The average molecular weight is 265 g/mol. The summed E-state index contributed by atoms with van der Waals surface area (Å²) in [6.07, 6.45) is 6.30. The predicted molar refractivity (Wildman–Crippen MR) is 76.4 cm³/mol. The third-order valence-electron chi connectivity index (χ3n) is 2.66. The molecule has 98 valence electrons. The van der Waals surface area contributed by atoms with Crippen LogP contribution in [0.4, 0.5) is 16.2 Å². The Balaban J connectivity index is 1.81. The SMILES string of the molecule is O=C(Nc1ccccc1)Nc1cncc2nccnc12. The number of hydrogen-bond donors (Lipinski definition) is 2. The van der Waals surface area contributed by atoms with Crippen molar-refractivity contribution in [2.75, 3.05) is 10.6 Å². The van der Waals surface area contributed by atoms with E-state index in [-0.39, 0.29) is 6.03 Å². The van der Waals surface area contributed by atoms with E-state index >= 15 is 0 Å². The van der Waals surface area contributed by atoms with Crippen LogP contribution in [0, 0.1) is 0 Å². The molecule has 0 spiro atoms. The van der Waals surface area contributed by atoms with Gasteiger partial charge in [-0.05, 0) is 12.1 Å². The van der Waals surface area contributed by atoms with Gasteiger partial charge in [0.15, 0.2) is 0 Å². The Morgan fingerprint density at radius 2 is 1.75 bits per heavy atom. The quantitative estimate of drug-likeness (QED) is 0.746. The summed E-state index contributed by atoms with van der Waals surface area (Å²) in [7, 11) is 0. The molecule has 2 N–H and O–H groups in total. The average Bonchev–Trinajstić information content (AvgIpc) is 2.48. The zero-order valence-electron chi connectivity index (χ0n) is 10.4. The zero-order chi connectivity index (χ0) is 13.8. The van der Waals surface area contributed by atoms with Crippen molar-refractivity contribution < 1.29 is 4.79 Å². The minimum Gasteiger partial charge on any atom is -0.308 e. The number of hydrogen-bond acceptors (Lipinski definition) is 4. The maximum atomic E-state index is 11.9. The van der Waals surface area contributed by atoms with Gasteiger partial charge in [0.1, 0.15) is 11.0 Å². The number of benzene rings is 1. The van der Waals surface area contributed by atoms with Crippen LogP contribution in [0.1, 0.15) is 0 Å². The molecule has 0 aliphatic carbocycles. The summed E-state index contributed by atoms with van der Waals surface area (Å²) >= 11 is 0. The van der Waals surface area contributed by atoms with Gasteiger partial charge in [-0.2, -0.15) is 0 Å². The highest BCUT2D eigenvalue weighted by Crippen LogP contribution is 2.17. The first-order valence-corrected chi connectivity index (χ1v) is 6.01. The highest BCUT2D eigenvalue weighted by molar-refractivity contribution is 6.04. The summed E-state index contributed by atoms with van der Waals surface area (Å²) in [5.74, 6) is 0. The number of urea groups is 1. The Bertz CT molecular complexity index is 739. The Hall–Kier alpha value is -3.02. The predicted octanol–water partition coefficient (Wildman–Crippen LogP) is 2.67. The molecule has 3 rings (SSSR count). The normalized spacial score (nSPS) is 10.2. The van der Waals surface area contributed by atoms with Crippen molar-refractivity contribution >= 4 is 28.4 Å². The second-order valence-corrected chi connectivity index (χ2v) is 4.06. The van der Waals surface area contributed by atoms with Crippen LogP contribution in [-0.4, -0.2) is 21.0 Å². The van der Waals surface area contributed by atoms with Crippen molar-refractivity contribution in [3.05, 3.63) is 55.1 Å². The number of aromatic nitrogens is 3. The number of nitrogens with one attached hydrogen (secondary N) is 2. The lowest BCUT2D eigenvalue weighted by Gasteiger charge is -2.08. The number of anilines is 2. The van der Waals surface area contributed by atoms with Gasteiger partial charge >= 0.3 is 6.03 Å². The van der Waals surface area contributed by atoms with Gasteiger partial charge in [-0.1, -0.05) is 18.2 Å². The largest absolute Gasteiger partial charge is 0.323 e. The summed E-state index contributed by atoms with van der Waals surface area (Å²) in [6.45, 7) is 0. The number of fused-ring (bicyclic) bond motifs is 1. The summed E-state index contributed by atoms with van der Waals surface area (Å²) in [5.41, 5.74) is 2.46. The highest BCUT2D eigenvalue weighted by atomic mass is 16.2. The van der Waals surface area contributed by atoms with Crippen LogP contribution in [0.15, 0.2) is 55.1 Å². The van der Waals surface area contributed by atoms with E-state index in [1.54, 1.807) is 36.9 Å². The number of pyridine rings is 1. The fourth-order valence-corrected chi connectivity index (χ4v) is 1.79. The van der Waals surface area contributed by atoms with E-state index in [1.165, 1.54) is 0 Å². The molecule has 0 unspecified atom stereocenters. The first-order valence-electron chi connectivity index (χ1n) is 6.01. The molecule has 2 amide bonds. The van der Waals surface area contributed by atoms with Crippen LogP contribution in [0.3, 0.4) is 0 Å². The molecule has 20 heavy (non-hydrogen) atoms. The van der Waals surface area contributed by atoms with E-state index in [2.05, 4.69) is 25.6 Å². The van der Waals surface area contributed by atoms with Gasteiger partial charge in [-0.3, -0.25) is 15.0 Å². The van der Waals surface area contributed by atoms with E-state index in [9.17, 15) is 4.79 Å². The van der Waals surface area contributed by atoms with E-state index in [0.29, 0.717) is 22.4 Å². The van der Waals surface area contributed by atoms with Gasteiger partial charge in [0.05, 0.1) is 18.1 Å². The lowest BCUT2D eigenvalue weighted by atomic mass is 10.3. The fourth-order valence-electron chi connectivity index (χ4n) is 1.79. The molecule has 2 heterocycles. The summed E-state index contributed by atoms with van der Waals surface area (Å²) in [5, 5.41) is 5.45. The number of nitrogens with zero attached hydrogens (tertiary/aromatic N) is 3. The van der Waals surface area contributed by atoms with Gasteiger partial charge in [-0.15, -0.1) is 0 Å². The molecule has 1 aromatic carbocycles. The molecular formula is C14H11N5O. The molecule has 6 nitrogen and oxygen atoms in total. The van der Waals surface area contributed by atoms with Crippen molar-refractivity contribution in [2.45, 2.75) is 0 Å². The van der Waals surface area contributed by atoms with Crippen LogP contribution < -0.4 is 10.6 Å². The fraction of sp³-hybridized carbons (Fsp3) is 0. The number of rotatable bonds is 2. The van der Waals surface area contributed by atoms with Crippen molar-refractivity contribution in [3.8, 4) is 0 Å². The van der Waals surface area contributed by atoms with Crippen molar-refractivity contribution in [3.63, 3.8) is 0 Å². The first kappa shape index (κ1) is 12.0. The second-order valence-electron chi connectivity index (χ2n) is 4.06. The molecule has 6 heteroatoms. The summed E-state index contributed by atoms with van der Waals surface area (Å²) < 4.78 is 0. The number of para-hydroxylation sites is 1. The minimum absolute atomic E-state index is 0.351. The molecule has 3 aromatic rings.